The van der Waals surface area contributed by atoms with Crippen LogP contribution in [0.5, 0.6) is 0 Å². The minimum Gasteiger partial charge on any atom is -0.379 e. The van der Waals surface area contributed by atoms with Gasteiger partial charge < -0.3 is 15.8 Å². The molecule has 1 aliphatic carbocycles. The van der Waals surface area contributed by atoms with E-state index < -0.39 is 0 Å². The third-order valence-corrected chi connectivity index (χ3v) is 4.38. The van der Waals surface area contributed by atoms with E-state index in [1.165, 1.54) is 0 Å². The highest BCUT2D eigenvalue weighted by Gasteiger charge is 2.29. The van der Waals surface area contributed by atoms with Crippen LogP contribution in [0.4, 0.5) is 0 Å². The van der Waals surface area contributed by atoms with Crippen molar-refractivity contribution in [3.8, 4) is 0 Å². The van der Waals surface area contributed by atoms with E-state index >= 15 is 0 Å². The van der Waals surface area contributed by atoms with E-state index in [1.54, 1.807) is 0 Å². The Morgan fingerprint density at radius 3 is 2.83 bits per heavy atom. The zero-order chi connectivity index (χ0) is 13.0. The SMILES string of the molecule is CC(C(=O)NC1CCCOC1)C1CCCC(N)C1. The van der Waals surface area contributed by atoms with Crippen molar-refractivity contribution in [1.29, 1.82) is 0 Å². The van der Waals surface area contributed by atoms with Crippen LogP contribution in [-0.2, 0) is 9.53 Å². The maximum Gasteiger partial charge on any atom is 0.223 e. The smallest absolute Gasteiger partial charge is 0.223 e. The quantitative estimate of drug-likeness (QED) is 0.801. The first-order valence-electron chi connectivity index (χ1n) is 7.30. The van der Waals surface area contributed by atoms with Gasteiger partial charge in [-0.3, -0.25) is 4.79 Å². The lowest BCUT2D eigenvalue weighted by atomic mass is 9.78. The molecule has 2 fully saturated rings. The molecule has 4 atom stereocenters. The minimum atomic E-state index is 0.0817. The van der Waals surface area contributed by atoms with Crippen molar-refractivity contribution in [3.05, 3.63) is 0 Å². The molecule has 4 unspecified atom stereocenters. The average molecular weight is 254 g/mol. The Kier molecular flexibility index (Phi) is 5.01. The standard InChI is InChI=1S/C14H26N2O2/c1-10(11-4-2-5-12(15)8-11)14(17)16-13-6-3-7-18-9-13/h10-13H,2-9,15H2,1H3,(H,16,17). The summed E-state index contributed by atoms with van der Waals surface area (Å²) in [6.07, 6.45) is 6.51. The van der Waals surface area contributed by atoms with Gasteiger partial charge in [0.15, 0.2) is 0 Å². The Bertz CT molecular complexity index is 277. The predicted molar refractivity (Wildman–Crippen MR) is 71.1 cm³/mol. The van der Waals surface area contributed by atoms with Gasteiger partial charge in [0.25, 0.3) is 0 Å². The van der Waals surface area contributed by atoms with Crippen LogP contribution < -0.4 is 11.1 Å². The highest BCUT2D eigenvalue weighted by molar-refractivity contribution is 5.78. The van der Waals surface area contributed by atoms with Gasteiger partial charge in [-0.05, 0) is 38.0 Å². The Morgan fingerprint density at radius 1 is 1.33 bits per heavy atom. The molecular formula is C14H26N2O2. The molecule has 1 saturated heterocycles. The number of ether oxygens (including phenoxy) is 1. The topological polar surface area (TPSA) is 64.3 Å². The Morgan fingerprint density at radius 2 is 2.17 bits per heavy atom. The summed E-state index contributed by atoms with van der Waals surface area (Å²) in [4.78, 5) is 12.2. The third kappa shape index (κ3) is 3.69. The molecule has 0 bridgehead atoms. The molecule has 0 aromatic heterocycles. The van der Waals surface area contributed by atoms with Crippen LogP contribution in [0.3, 0.4) is 0 Å². The first kappa shape index (κ1) is 13.8. The molecule has 2 rings (SSSR count). The van der Waals surface area contributed by atoms with Crippen LogP contribution >= 0.6 is 0 Å². The fraction of sp³-hybridized carbons (Fsp3) is 0.929. The molecule has 1 saturated carbocycles. The van der Waals surface area contributed by atoms with Crippen LogP contribution in [0.25, 0.3) is 0 Å². The first-order valence-corrected chi connectivity index (χ1v) is 7.30. The molecule has 0 aromatic rings. The predicted octanol–water partition coefficient (Wildman–Crippen LogP) is 1.44. The van der Waals surface area contributed by atoms with Crippen LogP contribution in [0, 0.1) is 11.8 Å². The van der Waals surface area contributed by atoms with Gasteiger partial charge in [0.2, 0.25) is 5.91 Å². The Balaban J connectivity index is 1.79. The minimum absolute atomic E-state index is 0.0817. The molecule has 1 amide bonds. The number of amides is 1. The van der Waals surface area contributed by atoms with Gasteiger partial charge in [0.1, 0.15) is 0 Å². The maximum atomic E-state index is 12.2. The summed E-state index contributed by atoms with van der Waals surface area (Å²) in [5, 5.41) is 3.13. The highest BCUT2D eigenvalue weighted by atomic mass is 16.5. The molecule has 3 N–H and O–H groups in total. The van der Waals surface area contributed by atoms with E-state index in [2.05, 4.69) is 5.32 Å². The largest absolute Gasteiger partial charge is 0.379 e. The molecule has 1 heterocycles. The summed E-state index contributed by atoms with van der Waals surface area (Å²) in [5.74, 6) is 0.723. The number of carbonyl (C=O) groups excluding carboxylic acids is 1. The number of hydrogen-bond donors (Lipinski definition) is 2. The van der Waals surface area contributed by atoms with Crippen molar-refractivity contribution < 1.29 is 9.53 Å². The fourth-order valence-electron chi connectivity index (χ4n) is 3.12. The molecule has 2 aliphatic rings. The van der Waals surface area contributed by atoms with E-state index in [-0.39, 0.29) is 23.9 Å². The van der Waals surface area contributed by atoms with Gasteiger partial charge >= 0.3 is 0 Å². The number of rotatable bonds is 3. The summed E-state index contributed by atoms with van der Waals surface area (Å²) in [6.45, 7) is 3.55. The van der Waals surface area contributed by atoms with Crippen molar-refractivity contribution in [1.82, 2.24) is 5.32 Å². The van der Waals surface area contributed by atoms with Gasteiger partial charge in [-0.2, -0.15) is 0 Å². The summed E-state index contributed by atoms with van der Waals surface area (Å²) in [5.41, 5.74) is 6.00. The van der Waals surface area contributed by atoms with E-state index in [4.69, 9.17) is 10.5 Å². The molecule has 4 heteroatoms. The molecule has 0 radical (unpaired) electrons. The Hall–Kier alpha value is -0.610. The summed E-state index contributed by atoms with van der Waals surface area (Å²) in [7, 11) is 0. The first-order chi connectivity index (χ1) is 8.66. The summed E-state index contributed by atoms with van der Waals surface area (Å²) < 4.78 is 5.39. The lowest BCUT2D eigenvalue weighted by Gasteiger charge is -2.32. The highest BCUT2D eigenvalue weighted by Crippen LogP contribution is 2.29. The molecule has 0 spiro atoms. The van der Waals surface area contributed by atoms with Gasteiger partial charge in [0, 0.05) is 18.6 Å². The normalized spacial score (nSPS) is 34.9. The lowest BCUT2D eigenvalue weighted by molar-refractivity contribution is -0.128. The average Bonchev–Trinajstić information content (AvgIpc) is 2.39. The maximum absolute atomic E-state index is 12.2. The second-order valence-electron chi connectivity index (χ2n) is 5.90. The number of nitrogens with one attached hydrogen (secondary N) is 1. The molecule has 1 aliphatic heterocycles. The number of hydrogen-bond acceptors (Lipinski definition) is 3. The van der Waals surface area contributed by atoms with Gasteiger partial charge in [-0.15, -0.1) is 0 Å². The zero-order valence-corrected chi connectivity index (χ0v) is 11.4. The zero-order valence-electron chi connectivity index (χ0n) is 11.4. The lowest BCUT2D eigenvalue weighted by Crippen LogP contribution is -2.45. The monoisotopic (exact) mass is 254 g/mol. The van der Waals surface area contributed by atoms with Crippen LogP contribution in [0.1, 0.15) is 45.4 Å². The van der Waals surface area contributed by atoms with Gasteiger partial charge in [-0.25, -0.2) is 0 Å². The van der Waals surface area contributed by atoms with E-state index in [0.717, 1.165) is 45.1 Å². The number of carbonyl (C=O) groups is 1. The van der Waals surface area contributed by atoms with Crippen molar-refractivity contribution >= 4 is 5.91 Å². The van der Waals surface area contributed by atoms with E-state index in [1.807, 2.05) is 6.92 Å². The van der Waals surface area contributed by atoms with Crippen LogP contribution in [0.15, 0.2) is 0 Å². The van der Waals surface area contributed by atoms with Crippen molar-refractivity contribution in [2.75, 3.05) is 13.2 Å². The second kappa shape index (κ2) is 6.53. The molecular weight excluding hydrogens is 228 g/mol. The van der Waals surface area contributed by atoms with Crippen molar-refractivity contribution in [2.45, 2.75) is 57.5 Å². The summed E-state index contributed by atoms with van der Waals surface area (Å²) in [6, 6.07) is 0.503. The summed E-state index contributed by atoms with van der Waals surface area (Å²) >= 11 is 0. The van der Waals surface area contributed by atoms with E-state index in [0.29, 0.717) is 12.5 Å². The van der Waals surface area contributed by atoms with Crippen LogP contribution in [0.2, 0.25) is 0 Å². The second-order valence-corrected chi connectivity index (χ2v) is 5.90. The van der Waals surface area contributed by atoms with Crippen molar-refractivity contribution in [3.63, 3.8) is 0 Å². The molecule has 18 heavy (non-hydrogen) atoms. The fourth-order valence-corrected chi connectivity index (χ4v) is 3.12. The van der Waals surface area contributed by atoms with Crippen molar-refractivity contribution in [2.24, 2.45) is 17.6 Å². The van der Waals surface area contributed by atoms with Gasteiger partial charge in [-0.1, -0.05) is 13.3 Å². The van der Waals surface area contributed by atoms with E-state index in [9.17, 15) is 4.79 Å². The molecule has 0 aromatic carbocycles. The van der Waals surface area contributed by atoms with Crippen LogP contribution in [-0.4, -0.2) is 31.2 Å². The number of nitrogens with two attached hydrogens (primary N) is 1. The Labute approximate surface area is 110 Å². The van der Waals surface area contributed by atoms with Gasteiger partial charge in [0.05, 0.1) is 12.6 Å². The third-order valence-electron chi connectivity index (χ3n) is 4.38. The molecule has 104 valence electrons. The molecule has 4 nitrogen and oxygen atoms in total.